The van der Waals surface area contributed by atoms with Gasteiger partial charge in [0, 0.05) is 11.1 Å². The zero-order valence-corrected chi connectivity index (χ0v) is 6.58. The van der Waals surface area contributed by atoms with Crippen LogP contribution in [-0.2, 0) is 4.79 Å². The normalized spacial score (nSPS) is 6.83. The molecule has 58 valence electrons. The molecule has 0 aliphatic rings. The van der Waals surface area contributed by atoms with Crippen molar-refractivity contribution in [1.82, 2.24) is 0 Å². The quantitative estimate of drug-likeness (QED) is 0.520. The Kier molecular flexibility index (Phi) is 4.81. The molecule has 0 aliphatic heterocycles. The van der Waals surface area contributed by atoms with Crippen molar-refractivity contribution in [2.75, 3.05) is 0 Å². The van der Waals surface area contributed by atoms with Crippen molar-refractivity contribution >= 4 is 6.79 Å². The highest BCUT2D eigenvalue weighted by Crippen LogP contribution is 2.00. The Morgan fingerprint density at radius 2 is 1.17 bits per heavy atom. The minimum absolute atomic E-state index is 0.860. The van der Waals surface area contributed by atoms with E-state index < -0.39 is 0 Å². The predicted octanol–water partition coefficient (Wildman–Crippen LogP) is 1.46. The number of hydrogen-bond acceptors (Lipinski definition) is 1. The molecule has 0 fully saturated rings. The molecule has 0 atom stereocenters. The summed E-state index contributed by atoms with van der Waals surface area (Å²) in [5.74, 6) is 5.02. The molecule has 0 bridgehead atoms. The van der Waals surface area contributed by atoms with Crippen LogP contribution in [0.5, 0.6) is 0 Å². The second-order valence-electron chi connectivity index (χ2n) is 1.87. The van der Waals surface area contributed by atoms with Gasteiger partial charge >= 0.3 is 0 Å². The van der Waals surface area contributed by atoms with Crippen molar-refractivity contribution in [3.8, 4) is 24.7 Å². The van der Waals surface area contributed by atoms with Crippen molar-refractivity contribution in [1.29, 1.82) is 0 Å². The Hall–Kier alpha value is -1.99. The molecule has 0 saturated heterocycles. The van der Waals surface area contributed by atoms with E-state index in [0.29, 0.717) is 0 Å². The summed E-state index contributed by atoms with van der Waals surface area (Å²) in [5.41, 5.74) is 1.72. The summed E-state index contributed by atoms with van der Waals surface area (Å²) in [4.78, 5) is 8.00. The third-order valence-electron chi connectivity index (χ3n) is 1.22. The van der Waals surface area contributed by atoms with E-state index in [9.17, 15) is 0 Å². The number of rotatable bonds is 0. The molecular weight excluding hydrogens is 148 g/mol. The highest BCUT2D eigenvalue weighted by Gasteiger charge is 1.85. The van der Waals surface area contributed by atoms with Crippen LogP contribution in [-0.4, -0.2) is 6.79 Å². The summed E-state index contributed by atoms with van der Waals surface area (Å²) in [6, 6.07) is 7.31. The fraction of sp³-hybridized carbons (Fsp3) is 0. The maximum absolute atomic E-state index is 8.00. The van der Waals surface area contributed by atoms with Crippen molar-refractivity contribution in [2.24, 2.45) is 0 Å². The molecule has 0 spiro atoms. The van der Waals surface area contributed by atoms with Crippen molar-refractivity contribution in [3.63, 3.8) is 0 Å². The van der Waals surface area contributed by atoms with Crippen LogP contribution in [0.25, 0.3) is 0 Å². The Bertz CT molecular complexity index is 275. The zero-order valence-electron chi connectivity index (χ0n) is 6.58. The maximum atomic E-state index is 8.00. The fourth-order valence-electron chi connectivity index (χ4n) is 0.663. The number of hydrogen-bond donors (Lipinski definition) is 0. The van der Waals surface area contributed by atoms with E-state index in [1.165, 1.54) is 0 Å². The van der Waals surface area contributed by atoms with Gasteiger partial charge in [-0.2, -0.15) is 0 Å². The molecule has 1 rings (SSSR count). The molecule has 0 radical (unpaired) electrons. The summed E-state index contributed by atoms with van der Waals surface area (Å²) >= 11 is 0. The average Bonchev–Trinajstić information content (AvgIpc) is 2.21. The molecule has 1 heteroatoms. The maximum Gasteiger partial charge on any atom is 0.106 e. The molecule has 0 amide bonds. The van der Waals surface area contributed by atoms with Crippen LogP contribution in [0.1, 0.15) is 11.1 Å². The largest absolute Gasteiger partial charge is 0.307 e. The molecular formula is C11H8O. The first-order chi connectivity index (χ1) is 5.86. The average molecular weight is 156 g/mol. The van der Waals surface area contributed by atoms with Gasteiger partial charge < -0.3 is 4.79 Å². The summed E-state index contributed by atoms with van der Waals surface area (Å²) in [6.07, 6.45) is 10.3. The number of benzene rings is 1. The summed E-state index contributed by atoms with van der Waals surface area (Å²) in [7, 11) is 0. The molecule has 0 unspecified atom stereocenters. The van der Waals surface area contributed by atoms with E-state index in [4.69, 9.17) is 17.6 Å². The smallest absolute Gasteiger partial charge is 0.106 e. The van der Waals surface area contributed by atoms with Crippen molar-refractivity contribution in [2.45, 2.75) is 0 Å². The van der Waals surface area contributed by atoms with Crippen LogP contribution in [0.15, 0.2) is 24.3 Å². The van der Waals surface area contributed by atoms with Gasteiger partial charge in [-0.3, -0.25) is 0 Å². The first-order valence-electron chi connectivity index (χ1n) is 3.19. The topological polar surface area (TPSA) is 17.1 Å². The molecule has 0 aliphatic carbocycles. The van der Waals surface area contributed by atoms with Crippen LogP contribution in [0.3, 0.4) is 0 Å². The van der Waals surface area contributed by atoms with E-state index >= 15 is 0 Å². The molecule has 0 N–H and O–H groups in total. The van der Waals surface area contributed by atoms with E-state index in [1.807, 2.05) is 31.1 Å². The molecule has 1 aromatic carbocycles. The lowest BCUT2D eigenvalue weighted by Gasteiger charge is -1.89. The van der Waals surface area contributed by atoms with Gasteiger partial charge in [0.25, 0.3) is 0 Å². The molecule has 1 nitrogen and oxygen atoms in total. The van der Waals surface area contributed by atoms with Gasteiger partial charge in [-0.25, -0.2) is 0 Å². The summed E-state index contributed by atoms with van der Waals surface area (Å²) < 4.78 is 0. The van der Waals surface area contributed by atoms with Crippen LogP contribution in [0.4, 0.5) is 0 Å². The first kappa shape index (κ1) is 10.0. The van der Waals surface area contributed by atoms with Gasteiger partial charge in [0.1, 0.15) is 6.79 Å². The van der Waals surface area contributed by atoms with Gasteiger partial charge in [0.2, 0.25) is 0 Å². The third kappa shape index (κ3) is 2.73. The highest BCUT2D eigenvalue weighted by molar-refractivity contribution is 5.39. The zero-order chi connectivity index (χ0) is 9.40. The third-order valence-corrected chi connectivity index (χ3v) is 1.22. The van der Waals surface area contributed by atoms with Gasteiger partial charge in [-0.1, -0.05) is 11.8 Å². The van der Waals surface area contributed by atoms with Crippen LogP contribution in [0.2, 0.25) is 0 Å². The first-order valence-corrected chi connectivity index (χ1v) is 3.19. The van der Waals surface area contributed by atoms with Crippen molar-refractivity contribution < 1.29 is 4.79 Å². The minimum atomic E-state index is 0.860. The molecule has 0 saturated carbocycles. The van der Waals surface area contributed by atoms with Crippen LogP contribution >= 0.6 is 0 Å². The Balaban J connectivity index is 0.000000561. The predicted molar refractivity (Wildman–Crippen MR) is 49.4 cm³/mol. The number of terminal acetylenes is 2. The monoisotopic (exact) mass is 156 g/mol. The van der Waals surface area contributed by atoms with Crippen LogP contribution < -0.4 is 0 Å². The molecule has 0 heterocycles. The van der Waals surface area contributed by atoms with E-state index in [2.05, 4.69) is 11.8 Å². The van der Waals surface area contributed by atoms with E-state index in [0.717, 1.165) is 11.1 Å². The Morgan fingerprint density at radius 1 is 0.917 bits per heavy atom. The highest BCUT2D eigenvalue weighted by atomic mass is 16.1. The molecule has 0 aromatic heterocycles. The van der Waals surface area contributed by atoms with E-state index in [1.54, 1.807) is 0 Å². The van der Waals surface area contributed by atoms with Gasteiger partial charge in [-0.15, -0.1) is 12.8 Å². The number of carbonyl (C=O) groups excluding carboxylic acids is 1. The number of carbonyl (C=O) groups is 1. The van der Waals surface area contributed by atoms with Crippen LogP contribution in [0, 0.1) is 24.7 Å². The van der Waals surface area contributed by atoms with Gasteiger partial charge in [0.05, 0.1) is 0 Å². The Morgan fingerprint density at radius 3 is 1.33 bits per heavy atom. The lowest BCUT2D eigenvalue weighted by molar-refractivity contribution is -0.0979. The fourth-order valence-corrected chi connectivity index (χ4v) is 0.663. The standard InChI is InChI=1S/C10H6.CH2O/c1-3-9-5-7-10(4-2)8-6-9;1-2/h1-2,5-8H;1H2. The lowest BCUT2D eigenvalue weighted by atomic mass is 10.1. The minimum Gasteiger partial charge on any atom is -0.307 e. The second-order valence-corrected chi connectivity index (χ2v) is 1.87. The summed E-state index contributed by atoms with van der Waals surface area (Å²) in [5, 5.41) is 0. The van der Waals surface area contributed by atoms with E-state index in [-0.39, 0.29) is 0 Å². The SMILES string of the molecule is C#Cc1ccc(C#C)cc1.C=O. The van der Waals surface area contributed by atoms with Crippen molar-refractivity contribution in [3.05, 3.63) is 35.4 Å². The van der Waals surface area contributed by atoms with Gasteiger partial charge in [0.15, 0.2) is 0 Å². The molecule has 1 aromatic rings. The lowest BCUT2D eigenvalue weighted by Crippen LogP contribution is -1.74. The van der Waals surface area contributed by atoms with Gasteiger partial charge in [-0.05, 0) is 24.3 Å². The summed E-state index contributed by atoms with van der Waals surface area (Å²) in [6.45, 7) is 2.00. The Labute approximate surface area is 72.4 Å². The molecule has 12 heavy (non-hydrogen) atoms. The second kappa shape index (κ2) is 5.77.